The fourth-order valence-corrected chi connectivity index (χ4v) is 4.73. The predicted octanol–water partition coefficient (Wildman–Crippen LogP) is 2.63. The predicted molar refractivity (Wildman–Crippen MR) is 104 cm³/mol. The molecule has 0 spiro atoms. The minimum atomic E-state index is -4.94. The van der Waals surface area contributed by atoms with E-state index in [1.807, 2.05) is 0 Å². The molecule has 2 heterocycles. The molecule has 11 heteroatoms. The molecule has 1 N–H and O–H groups in total. The Hall–Kier alpha value is -2.48. The number of amides is 1. The highest BCUT2D eigenvalue weighted by Crippen LogP contribution is 2.44. The number of anilines is 1. The number of nitrogens with zero attached hydrogens (tertiary/aromatic N) is 4. The first-order valence-corrected chi connectivity index (χ1v) is 10.4. The van der Waals surface area contributed by atoms with Crippen LogP contribution in [0, 0.1) is 18.3 Å². The molecular weight excluding hydrogens is 423 g/mol. The van der Waals surface area contributed by atoms with Crippen LogP contribution < -0.4 is 4.90 Å². The molecule has 2 unspecified atom stereocenters. The molecule has 29 heavy (non-hydrogen) atoms. The quantitative estimate of drug-likeness (QED) is 0.567. The molecule has 0 bridgehead atoms. The number of carbonyl (C=O) groups excluding carboxylic acids is 1. The molecule has 0 aromatic carbocycles. The maximum absolute atomic E-state index is 15.1. The Morgan fingerprint density at radius 3 is 2.59 bits per heavy atom. The normalized spacial score (nSPS) is 26.8. The van der Waals surface area contributed by atoms with Crippen LogP contribution in [0.4, 0.5) is 10.1 Å². The summed E-state index contributed by atoms with van der Waals surface area (Å²) >= 11 is 6.02. The van der Waals surface area contributed by atoms with Gasteiger partial charge in [-0.25, -0.2) is 4.39 Å². The van der Waals surface area contributed by atoms with Gasteiger partial charge < -0.3 is 4.90 Å². The van der Waals surface area contributed by atoms with Gasteiger partial charge in [-0.2, -0.15) is 13.7 Å². The second kappa shape index (κ2) is 6.79. The van der Waals surface area contributed by atoms with Gasteiger partial charge in [0.25, 0.3) is 5.91 Å². The molecule has 1 aromatic rings. The summed E-state index contributed by atoms with van der Waals surface area (Å²) in [5, 5.41) is 9.25. The Balaban J connectivity index is 2.27. The summed E-state index contributed by atoms with van der Waals surface area (Å²) in [7, 11) is -4.94. The monoisotopic (exact) mass is 440 g/mol. The van der Waals surface area contributed by atoms with E-state index >= 15 is 4.39 Å². The summed E-state index contributed by atoms with van der Waals surface area (Å²) in [6, 6.07) is 4.78. The molecule has 1 saturated heterocycles. The fraction of sp³-hybridized carbons (Fsp3) is 0.389. The van der Waals surface area contributed by atoms with Crippen LogP contribution in [-0.4, -0.2) is 44.7 Å². The third-order valence-corrected chi connectivity index (χ3v) is 6.27. The number of hydrogen-bond acceptors (Lipinski definition) is 6. The lowest BCUT2D eigenvalue weighted by atomic mass is 9.97. The molecule has 0 saturated carbocycles. The Morgan fingerprint density at radius 2 is 2.07 bits per heavy atom. The van der Waals surface area contributed by atoms with Gasteiger partial charge in [-0.1, -0.05) is 17.7 Å². The lowest BCUT2D eigenvalue weighted by Gasteiger charge is -2.34. The van der Waals surface area contributed by atoms with Crippen LogP contribution in [0.1, 0.15) is 26.0 Å². The van der Waals surface area contributed by atoms with Crippen LogP contribution >= 0.6 is 11.6 Å². The van der Waals surface area contributed by atoms with Gasteiger partial charge in [-0.3, -0.25) is 19.2 Å². The summed E-state index contributed by atoms with van der Waals surface area (Å²) in [6.07, 6.45) is 3.74. The number of hydrogen-bond donors (Lipinski definition) is 1. The van der Waals surface area contributed by atoms with E-state index in [0.29, 0.717) is 10.6 Å². The zero-order chi connectivity index (χ0) is 21.8. The highest BCUT2D eigenvalue weighted by molar-refractivity contribution is 7.86. The summed E-state index contributed by atoms with van der Waals surface area (Å²) in [4.78, 5) is 17.0. The smallest absolute Gasteiger partial charge is 0.306 e. The van der Waals surface area contributed by atoms with E-state index in [1.165, 1.54) is 32.2 Å². The molecule has 2 aliphatic rings. The number of alkyl halides is 1. The number of nitriles is 1. The molecule has 1 aliphatic carbocycles. The van der Waals surface area contributed by atoms with E-state index in [9.17, 15) is 23.0 Å². The van der Waals surface area contributed by atoms with Gasteiger partial charge in [0, 0.05) is 12.1 Å². The van der Waals surface area contributed by atoms with E-state index in [-0.39, 0.29) is 12.1 Å². The molecule has 1 amide bonds. The second-order valence-corrected chi connectivity index (χ2v) is 9.42. The van der Waals surface area contributed by atoms with Crippen molar-refractivity contribution in [3.05, 3.63) is 47.7 Å². The van der Waals surface area contributed by atoms with Crippen LogP contribution in [0.3, 0.4) is 0 Å². The third kappa shape index (κ3) is 3.29. The van der Waals surface area contributed by atoms with Gasteiger partial charge in [0.2, 0.25) is 5.50 Å². The molecule has 3 rings (SSSR count). The van der Waals surface area contributed by atoms with Crippen molar-refractivity contribution < 1.29 is 22.2 Å². The standard InChI is InChI=1S/C18H18ClFN4O4S/c1-11-6-7-12(9-22-11)24-16(29(26,27)28)23(15(25)17(24,2)3)13-5-4-8-18(19,10-21)14(13)20/h4-7,9,16H,8H2,1-3H3,(H,26,27,28). The topological polar surface area (TPSA) is 115 Å². The zero-order valence-corrected chi connectivity index (χ0v) is 17.4. The van der Waals surface area contributed by atoms with E-state index in [0.717, 1.165) is 4.90 Å². The van der Waals surface area contributed by atoms with E-state index < -0.39 is 43.5 Å². The number of aryl methyl sites for hydroxylation is 1. The average molecular weight is 441 g/mol. The summed E-state index contributed by atoms with van der Waals surface area (Å²) < 4.78 is 49.7. The van der Waals surface area contributed by atoms with Crippen molar-refractivity contribution >= 4 is 33.3 Å². The minimum absolute atomic E-state index is 0.159. The highest BCUT2D eigenvalue weighted by Gasteiger charge is 2.59. The number of pyridine rings is 1. The Bertz CT molecular complexity index is 1080. The van der Waals surface area contributed by atoms with Crippen LogP contribution in [0.15, 0.2) is 42.0 Å². The SMILES string of the molecule is Cc1ccc(N2C(S(=O)(=O)O)N(C3=C(F)C(Cl)(C#N)CC=C3)C(=O)C2(C)C)cn1. The molecule has 2 atom stereocenters. The van der Waals surface area contributed by atoms with Crippen LogP contribution in [0.2, 0.25) is 0 Å². The summed E-state index contributed by atoms with van der Waals surface area (Å²) in [6.45, 7) is 4.61. The number of carbonyl (C=O) groups is 1. The maximum atomic E-state index is 15.1. The Labute approximate surface area is 172 Å². The van der Waals surface area contributed by atoms with Crippen LogP contribution in [0.25, 0.3) is 0 Å². The maximum Gasteiger partial charge on any atom is 0.306 e. The van der Waals surface area contributed by atoms with Crippen LogP contribution in [-0.2, 0) is 14.9 Å². The molecular formula is C18H18ClFN4O4S. The highest BCUT2D eigenvalue weighted by atomic mass is 35.5. The average Bonchev–Trinajstić information content (AvgIpc) is 2.85. The Morgan fingerprint density at radius 1 is 1.41 bits per heavy atom. The van der Waals surface area contributed by atoms with Crippen molar-refractivity contribution in [1.82, 2.24) is 9.88 Å². The molecule has 1 aromatic heterocycles. The summed E-state index contributed by atoms with van der Waals surface area (Å²) in [5.74, 6) is -1.96. The van der Waals surface area contributed by atoms with E-state index in [1.54, 1.807) is 25.1 Å². The molecule has 1 aliphatic heterocycles. The van der Waals surface area contributed by atoms with Crippen molar-refractivity contribution in [1.29, 1.82) is 5.26 Å². The van der Waals surface area contributed by atoms with Crippen molar-refractivity contribution in [2.24, 2.45) is 0 Å². The van der Waals surface area contributed by atoms with Gasteiger partial charge in [0.05, 0.1) is 23.7 Å². The first-order valence-electron chi connectivity index (χ1n) is 8.53. The number of allylic oxidation sites excluding steroid dienone is 3. The second-order valence-electron chi connectivity index (χ2n) is 7.32. The molecule has 0 radical (unpaired) electrons. The first-order chi connectivity index (χ1) is 13.3. The molecule has 154 valence electrons. The number of halogens is 2. The van der Waals surface area contributed by atoms with E-state index in [4.69, 9.17) is 11.6 Å². The Kier molecular flexibility index (Phi) is 4.98. The van der Waals surface area contributed by atoms with Gasteiger partial charge in [0.1, 0.15) is 5.54 Å². The minimum Gasteiger partial charge on any atom is -0.320 e. The largest absolute Gasteiger partial charge is 0.320 e. The first kappa shape index (κ1) is 21.2. The number of rotatable bonds is 3. The van der Waals surface area contributed by atoms with Crippen molar-refractivity contribution in [3.63, 3.8) is 0 Å². The van der Waals surface area contributed by atoms with Gasteiger partial charge >= 0.3 is 10.1 Å². The summed E-state index contributed by atoms with van der Waals surface area (Å²) in [5.41, 5.74) is -3.06. The third-order valence-electron chi connectivity index (χ3n) is 4.91. The number of aromatic nitrogens is 1. The van der Waals surface area contributed by atoms with Gasteiger partial charge in [-0.05, 0) is 39.0 Å². The van der Waals surface area contributed by atoms with Crippen molar-refractivity contribution in [2.75, 3.05) is 4.90 Å². The molecule has 1 fully saturated rings. The van der Waals surface area contributed by atoms with Crippen molar-refractivity contribution in [3.8, 4) is 6.07 Å². The lowest BCUT2D eigenvalue weighted by Crippen LogP contribution is -2.49. The fourth-order valence-electron chi connectivity index (χ4n) is 3.42. The van der Waals surface area contributed by atoms with E-state index in [2.05, 4.69) is 4.98 Å². The van der Waals surface area contributed by atoms with Crippen LogP contribution in [0.5, 0.6) is 0 Å². The molecule has 8 nitrogen and oxygen atoms in total. The zero-order valence-electron chi connectivity index (χ0n) is 15.8. The lowest BCUT2D eigenvalue weighted by molar-refractivity contribution is -0.129. The van der Waals surface area contributed by atoms with Crippen molar-refractivity contribution in [2.45, 2.75) is 43.1 Å². The van der Waals surface area contributed by atoms with Gasteiger partial charge in [0.15, 0.2) is 10.7 Å². The van der Waals surface area contributed by atoms with Gasteiger partial charge in [-0.15, -0.1) is 0 Å².